The zero-order valence-electron chi connectivity index (χ0n) is 9.28. The molecule has 0 radical (unpaired) electrons. The van der Waals surface area contributed by atoms with Gasteiger partial charge >= 0.3 is 0 Å². The molecule has 2 atom stereocenters. The second-order valence-electron chi connectivity index (χ2n) is 3.83. The van der Waals surface area contributed by atoms with Gasteiger partial charge in [-0.1, -0.05) is 13.0 Å². The van der Waals surface area contributed by atoms with Crippen molar-refractivity contribution in [1.29, 1.82) is 0 Å². The van der Waals surface area contributed by atoms with E-state index in [-0.39, 0.29) is 21.8 Å². The van der Waals surface area contributed by atoms with Crippen LogP contribution in [0, 0.1) is 11.6 Å². The van der Waals surface area contributed by atoms with Crippen molar-refractivity contribution >= 4 is 29.3 Å². The molecule has 1 aliphatic heterocycles. The van der Waals surface area contributed by atoms with Gasteiger partial charge in [-0.25, -0.2) is 8.78 Å². The molecule has 0 N–H and O–H groups in total. The van der Waals surface area contributed by atoms with E-state index in [0.29, 0.717) is 0 Å². The molecule has 17 heavy (non-hydrogen) atoms. The van der Waals surface area contributed by atoms with Crippen LogP contribution in [-0.4, -0.2) is 27.8 Å². The Morgan fingerprint density at radius 3 is 2.71 bits per heavy atom. The molecule has 2 rings (SSSR count). The van der Waals surface area contributed by atoms with Crippen molar-refractivity contribution in [3.63, 3.8) is 0 Å². The molecule has 1 aromatic carbocycles. The minimum atomic E-state index is -1.03. The highest BCUT2D eigenvalue weighted by Gasteiger charge is 2.31. The third kappa shape index (κ3) is 2.65. The van der Waals surface area contributed by atoms with Gasteiger partial charge in [0.05, 0.1) is 10.8 Å². The molecule has 0 bridgehead atoms. The molecule has 1 saturated heterocycles. The van der Waals surface area contributed by atoms with Gasteiger partial charge in [0.15, 0.2) is 17.4 Å². The first-order valence-electron chi connectivity index (χ1n) is 5.32. The molecule has 1 nitrogen and oxygen atoms in total. The molecule has 1 heterocycles. The number of rotatable bonds is 2. The molecule has 0 amide bonds. The molecule has 0 saturated carbocycles. The fourth-order valence-electron chi connectivity index (χ4n) is 1.77. The molecular formula is C12H12F2OS2. The summed E-state index contributed by atoms with van der Waals surface area (Å²) in [6.07, 6.45) is 0. The molecule has 1 aromatic rings. The highest BCUT2D eigenvalue weighted by molar-refractivity contribution is 8.07. The Bertz CT molecular complexity index is 437. The number of carbonyl (C=O) groups excluding carboxylic acids is 1. The lowest BCUT2D eigenvalue weighted by Gasteiger charge is -2.26. The van der Waals surface area contributed by atoms with Gasteiger partial charge in [0.1, 0.15) is 0 Å². The van der Waals surface area contributed by atoms with Gasteiger partial charge in [0.25, 0.3) is 0 Å². The second kappa shape index (κ2) is 5.40. The van der Waals surface area contributed by atoms with Gasteiger partial charge in [0, 0.05) is 16.8 Å². The molecule has 0 aliphatic carbocycles. The smallest absolute Gasteiger partial charge is 0.179 e. The first-order chi connectivity index (χ1) is 8.11. The van der Waals surface area contributed by atoms with Crippen LogP contribution < -0.4 is 0 Å². The van der Waals surface area contributed by atoms with E-state index in [1.165, 1.54) is 23.9 Å². The van der Waals surface area contributed by atoms with Gasteiger partial charge in [0.2, 0.25) is 0 Å². The third-order valence-corrected chi connectivity index (χ3v) is 5.75. The average Bonchev–Trinajstić information content (AvgIpc) is 2.32. The summed E-state index contributed by atoms with van der Waals surface area (Å²) < 4.78 is 26.6. The summed E-state index contributed by atoms with van der Waals surface area (Å²) in [5.74, 6) is -0.409. The summed E-state index contributed by atoms with van der Waals surface area (Å²) in [6, 6.07) is 3.75. The number of benzene rings is 1. The molecule has 2 unspecified atom stereocenters. The Labute approximate surface area is 107 Å². The van der Waals surface area contributed by atoms with E-state index >= 15 is 0 Å². The zero-order chi connectivity index (χ0) is 12.4. The quantitative estimate of drug-likeness (QED) is 0.770. The lowest BCUT2D eigenvalue weighted by atomic mass is 10.1. The monoisotopic (exact) mass is 274 g/mol. The van der Waals surface area contributed by atoms with E-state index in [2.05, 4.69) is 0 Å². The van der Waals surface area contributed by atoms with E-state index in [1.807, 2.05) is 6.92 Å². The standard InChI is InChI=1S/C12H12F2OS2/c1-7-12(17-6-5-16-7)11(15)8-3-2-4-9(13)10(8)14/h2-4,7,12H,5-6H2,1H3. The van der Waals surface area contributed by atoms with Crippen LogP contribution in [-0.2, 0) is 0 Å². The van der Waals surface area contributed by atoms with Crippen LogP contribution >= 0.6 is 23.5 Å². The normalized spacial score (nSPS) is 24.6. The molecule has 1 fully saturated rings. The summed E-state index contributed by atoms with van der Waals surface area (Å²) >= 11 is 3.23. The Hall–Kier alpha value is -0.550. The Balaban J connectivity index is 2.27. The number of hydrogen-bond acceptors (Lipinski definition) is 3. The first-order valence-corrected chi connectivity index (χ1v) is 7.42. The number of ketones is 1. The molecule has 5 heteroatoms. The number of thioether (sulfide) groups is 2. The number of Topliss-reactive ketones (excluding diaryl/α,β-unsaturated/α-hetero) is 1. The lowest BCUT2D eigenvalue weighted by Crippen LogP contribution is -2.31. The first kappa shape index (κ1) is 12.9. The number of carbonyl (C=O) groups is 1. The zero-order valence-corrected chi connectivity index (χ0v) is 10.9. The Kier molecular flexibility index (Phi) is 4.09. The maximum atomic E-state index is 13.5. The van der Waals surface area contributed by atoms with Crippen molar-refractivity contribution < 1.29 is 13.6 Å². The van der Waals surface area contributed by atoms with Crippen molar-refractivity contribution in [3.05, 3.63) is 35.4 Å². The van der Waals surface area contributed by atoms with Crippen LogP contribution in [0.4, 0.5) is 8.78 Å². The van der Waals surface area contributed by atoms with E-state index in [0.717, 1.165) is 17.6 Å². The highest BCUT2D eigenvalue weighted by atomic mass is 32.2. The second-order valence-corrected chi connectivity index (χ2v) is 6.57. The fourth-order valence-corrected chi connectivity index (χ4v) is 4.48. The van der Waals surface area contributed by atoms with Crippen LogP contribution in [0.1, 0.15) is 17.3 Å². The summed E-state index contributed by atoms with van der Waals surface area (Å²) in [5.41, 5.74) is -0.128. The van der Waals surface area contributed by atoms with Gasteiger partial charge < -0.3 is 0 Å². The Morgan fingerprint density at radius 1 is 1.29 bits per heavy atom. The minimum absolute atomic E-state index is 0.128. The lowest BCUT2D eigenvalue weighted by molar-refractivity contribution is 0.0984. The summed E-state index contributed by atoms with van der Waals surface area (Å²) in [6.45, 7) is 1.95. The van der Waals surface area contributed by atoms with Crippen LogP contribution in [0.2, 0.25) is 0 Å². The van der Waals surface area contributed by atoms with Crippen molar-refractivity contribution in [1.82, 2.24) is 0 Å². The fraction of sp³-hybridized carbons (Fsp3) is 0.417. The predicted octanol–water partition coefficient (Wildman–Crippen LogP) is 3.38. The van der Waals surface area contributed by atoms with Gasteiger partial charge in [-0.05, 0) is 12.1 Å². The predicted molar refractivity (Wildman–Crippen MR) is 68.9 cm³/mol. The van der Waals surface area contributed by atoms with E-state index in [9.17, 15) is 13.6 Å². The van der Waals surface area contributed by atoms with Crippen molar-refractivity contribution in [3.8, 4) is 0 Å². The highest BCUT2D eigenvalue weighted by Crippen LogP contribution is 2.33. The SMILES string of the molecule is CC1SCCSC1C(=O)c1cccc(F)c1F. The van der Waals surface area contributed by atoms with E-state index in [1.54, 1.807) is 11.8 Å². The van der Waals surface area contributed by atoms with Gasteiger partial charge in [-0.15, -0.1) is 11.8 Å². The van der Waals surface area contributed by atoms with Crippen molar-refractivity contribution in [2.75, 3.05) is 11.5 Å². The van der Waals surface area contributed by atoms with Crippen LogP contribution in [0.25, 0.3) is 0 Å². The summed E-state index contributed by atoms with van der Waals surface area (Å²) in [4.78, 5) is 12.1. The largest absolute Gasteiger partial charge is 0.293 e. The maximum absolute atomic E-state index is 13.5. The average molecular weight is 274 g/mol. The van der Waals surface area contributed by atoms with E-state index < -0.39 is 11.6 Å². The van der Waals surface area contributed by atoms with Crippen LogP contribution in [0.3, 0.4) is 0 Å². The molecule has 1 aliphatic rings. The number of halogens is 2. The van der Waals surface area contributed by atoms with Crippen molar-refractivity contribution in [2.45, 2.75) is 17.4 Å². The number of hydrogen-bond donors (Lipinski definition) is 0. The third-order valence-electron chi connectivity index (χ3n) is 2.66. The molecular weight excluding hydrogens is 262 g/mol. The minimum Gasteiger partial charge on any atom is -0.293 e. The van der Waals surface area contributed by atoms with Crippen LogP contribution in [0.5, 0.6) is 0 Å². The van der Waals surface area contributed by atoms with Gasteiger partial charge in [-0.2, -0.15) is 11.8 Å². The van der Waals surface area contributed by atoms with Crippen LogP contribution in [0.15, 0.2) is 18.2 Å². The maximum Gasteiger partial charge on any atom is 0.179 e. The summed E-state index contributed by atoms with van der Waals surface area (Å²) in [5, 5.41) is -0.131. The van der Waals surface area contributed by atoms with Crippen molar-refractivity contribution in [2.24, 2.45) is 0 Å². The molecule has 92 valence electrons. The molecule has 0 aromatic heterocycles. The Morgan fingerprint density at radius 2 is 2.00 bits per heavy atom. The summed E-state index contributed by atoms with van der Waals surface area (Å²) in [7, 11) is 0. The van der Waals surface area contributed by atoms with Gasteiger partial charge in [-0.3, -0.25) is 4.79 Å². The molecule has 0 spiro atoms. The van der Waals surface area contributed by atoms with E-state index in [4.69, 9.17) is 0 Å². The topological polar surface area (TPSA) is 17.1 Å².